The fourth-order valence-corrected chi connectivity index (χ4v) is 11.9. The quantitative estimate of drug-likeness (QED) is 0.0434. The normalized spacial score (nSPS) is 20.9. The molecule has 0 saturated carbocycles. The largest absolute Gasteiger partial charge is 0.391 e. The van der Waals surface area contributed by atoms with Gasteiger partial charge >= 0.3 is 0 Å². The zero-order valence-electron chi connectivity index (χ0n) is 45.3. The van der Waals surface area contributed by atoms with Gasteiger partial charge < -0.3 is 64.1 Å². The number of rotatable bonds is 18. The standard InChI is InChI=1S/C58H69ClN12O9S2/c1-33(72)50-57(79)69-48(58(80)71(2)49(51(62)73)27-35-16-19-37-11-3-4-12-38(37)24-35)32-82-81-31-47(68-52(74)42(61)25-34-17-20-40(59)21-18-34)56(78)66-45(26-36-10-9-23-63-29-36)54(76)67-46(28-39-30-64-43-14-6-5-13-41(39)43)55(77)65-44(53(75)70-50)15-7-8-22-60/h3-6,9-14,16-21,23-24,29-30,33,42,44-50,64,72H,7-8,15,22,25-28,31-32,60-61H2,1-2H3,(H2,62,73)(H,65,77)(H,66,78)(H,67,76)(H,68,74)(H,69,79)(H,70,75)/t33-,42+,44+,45+,46-,47-,48+,49+,50+/m1/s1. The lowest BCUT2D eigenvalue weighted by Crippen LogP contribution is -2.62. The van der Waals surface area contributed by atoms with Crippen LogP contribution in [-0.4, -0.2) is 147 Å². The highest BCUT2D eigenvalue weighted by Gasteiger charge is 2.38. The second-order valence-corrected chi connectivity index (χ2v) is 23.2. The van der Waals surface area contributed by atoms with Gasteiger partial charge in [0.05, 0.1) is 12.1 Å². The van der Waals surface area contributed by atoms with Crippen LogP contribution in [-0.2, 0) is 64.0 Å². The number of nitrogens with two attached hydrogens (primary N) is 3. The highest BCUT2D eigenvalue weighted by molar-refractivity contribution is 8.76. The maximum absolute atomic E-state index is 14.9. The number of aromatic amines is 1. The van der Waals surface area contributed by atoms with Gasteiger partial charge in [-0.2, -0.15) is 0 Å². The topological polar surface area (TPSA) is 339 Å². The van der Waals surface area contributed by atoms with E-state index in [0.29, 0.717) is 40.1 Å². The van der Waals surface area contributed by atoms with Gasteiger partial charge in [0, 0.05) is 72.3 Å². The number of halogens is 1. The number of hydrogen-bond acceptors (Lipinski definition) is 14. The lowest BCUT2D eigenvalue weighted by Gasteiger charge is -2.31. The van der Waals surface area contributed by atoms with E-state index in [1.54, 1.807) is 48.8 Å². The van der Waals surface area contributed by atoms with E-state index < -0.39 is 102 Å². The number of aliphatic hydroxyl groups excluding tert-OH is 1. The molecule has 82 heavy (non-hydrogen) atoms. The molecule has 9 atom stereocenters. The number of amides is 8. The van der Waals surface area contributed by atoms with Gasteiger partial charge in [0.15, 0.2) is 0 Å². The molecule has 21 nitrogen and oxygen atoms in total. The highest BCUT2D eigenvalue weighted by atomic mass is 35.5. The summed E-state index contributed by atoms with van der Waals surface area (Å²) in [6.07, 6.45) is 3.82. The Kier molecular flexibility index (Phi) is 22.7. The lowest BCUT2D eigenvalue weighted by atomic mass is 10.00. The van der Waals surface area contributed by atoms with E-state index in [4.69, 9.17) is 28.8 Å². The smallest absolute Gasteiger partial charge is 0.246 e. The number of para-hydroxylation sites is 1. The van der Waals surface area contributed by atoms with Crippen molar-refractivity contribution in [3.8, 4) is 0 Å². The van der Waals surface area contributed by atoms with Gasteiger partial charge in [0.1, 0.15) is 42.3 Å². The zero-order chi connectivity index (χ0) is 58.9. The fourth-order valence-electron chi connectivity index (χ4n) is 9.45. The number of nitrogens with one attached hydrogen (secondary N) is 7. The van der Waals surface area contributed by atoms with Gasteiger partial charge in [-0.05, 0) is 96.4 Å². The highest BCUT2D eigenvalue weighted by Crippen LogP contribution is 2.26. The van der Waals surface area contributed by atoms with E-state index in [2.05, 4.69) is 41.9 Å². The minimum absolute atomic E-state index is 0.00761. The Morgan fingerprint density at radius 3 is 2.11 bits per heavy atom. The van der Waals surface area contributed by atoms with Gasteiger partial charge in [-0.15, -0.1) is 0 Å². The van der Waals surface area contributed by atoms with E-state index in [9.17, 15) is 43.5 Å². The van der Waals surface area contributed by atoms with E-state index >= 15 is 0 Å². The van der Waals surface area contributed by atoms with Crippen LogP contribution >= 0.6 is 33.2 Å². The first kappa shape index (κ1) is 62.1. The number of pyridine rings is 1. The molecule has 1 saturated heterocycles. The van der Waals surface area contributed by atoms with Crippen LogP contribution in [0.25, 0.3) is 21.7 Å². The molecule has 14 N–H and O–H groups in total. The van der Waals surface area contributed by atoms with Gasteiger partial charge in [0.2, 0.25) is 47.3 Å². The van der Waals surface area contributed by atoms with Crippen molar-refractivity contribution in [3.05, 3.63) is 149 Å². The second kappa shape index (κ2) is 30.0. The molecule has 0 radical (unpaired) electrons. The summed E-state index contributed by atoms with van der Waals surface area (Å²) >= 11 is 6.11. The molecule has 434 valence electrons. The Bertz CT molecular complexity index is 3210. The van der Waals surface area contributed by atoms with Gasteiger partial charge in [0.25, 0.3) is 0 Å². The maximum Gasteiger partial charge on any atom is 0.246 e. The molecule has 8 amide bonds. The Morgan fingerprint density at radius 1 is 0.744 bits per heavy atom. The summed E-state index contributed by atoms with van der Waals surface area (Å²) in [5, 5.41) is 30.7. The number of primary amides is 1. The van der Waals surface area contributed by atoms with Crippen molar-refractivity contribution in [3.63, 3.8) is 0 Å². The molecule has 3 heterocycles. The Morgan fingerprint density at radius 2 is 1.40 bits per heavy atom. The average Bonchev–Trinajstić information content (AvgIpc) is 4.11. The second-order valence-electron chi connectivity index (χ2n) is 20.2. The zero-order valence-corrected chi connectivity index (χ0v) is 47.7. The molecular formula is C58H69ClN12O9S2. The number of carbonyl (C=O) groups is 8. The Hall–Kier alpha value is -7.54. The first-order valence-corrected chi connectivity index (χ1v) is 29.7. The summed E-state index contributed by atoms with van der Waals surface area (Å²) in [6.45, 7) is 1.52. The summed E-state index contributed by atoms with van der Waals surface area (Å²) in [6, 6.07) is 19.5. The number of nitrogens with zero attached hydrogens (tertiary/aromatic N) is 2. The predicted molar refractivity (Wildman–Crippen MR) is 318 cm³/mol. The first-order valence-electron chi connectivity index (χ1n) is 26.8. The first-order chi connectivity index (χ1) is 39.4. The molecular weight excluding hydrogens is 1110 g/mol. The molecule has 0 aliphatic carbocycles. The van der Waals surface area contributed by atoms with Crippen LogP contribution < -0.4 is 49.1 Å². The summed E-state index contributed by atoms with van der Waals surface area (Å²) in [7, 11) is 3.42. The summed E-state index contributed by atoms with van der Waals surface area (Å²) in [5.41, 5.74) is 21.6. The summed E-state index contributed by atoms with van der Waals surface area (Å²) < 4.78 is 0. The van der Waals surface area contributed by atoms with Crippen molar-refractivity contribution < 1.29 is 43.5 Å². The van der Waals surface area contributed by atoms with E-state index in [0.717, 1.165) is 48.2 Å². The minimum atomic E-state index is -1.70. The number of aromatic nitrogens is 2. The number of aliphatic hydroxyl groups is 1. The molecule has 6 aromatic rings. The molecule has 1 aliphatic rings. The van der Waals surface area contributed by atoms with Crippen molar-refractivity contribution in [1.29, 1.82) is 0 Å². The number of unbranched alkanes of at least 4 members (excludes halogenated alkanes) is 1. The third kappa shape index (κ3) is 17.2. The predicted octanol–water partition coefficient (Wildman–Crippen LogP) is 2.09. The molecule has 0 unspecified atom stereocenters. The van der Waals surface area contributed by atoms with Crippen molar-refractivity contribution in [1.82, 2.24) is 46.8 Å². The van der Waals surface area contributed by atoms with Gasteiger partial charge in [-0.3, -0.25) is 43.3 Å². The number of benzene rings is 4. The van der Waals surface area contributed by atoms with Gasteiger partial charge in [-0.25, -0.2) is 0 Å². The maximum atomic E-state index is 14.9. The number of likely N-dealkylation sites (N-methyl/N-ethyl adjacent to an activating group) is 1. The van der Waals surface area contributed by atoms with E-state index in [-0.39, 0.29) is 50.2 Å². The average molecular weight is 1180 g/mol. The summed E-state index contributed by atoms with van der Waals surface area (Å²) in [5.74, 6) is -7.02. The third-order valence-electron chi connectivity index (χ3n) is 14.1. The summed E-state index contributed by atoms with van der Waals surface area (Å²) in [4.78, 5) is 124. The number of fused-ring (bicyclic) bond motifs is 2. The molecule has 4 aromatic carbocycles. The molecule has 1 fully saturated rings. The van der Waals surface area contributed by atoms with Gasteiger partial charge in [-0.1, -0.05) is 112 Å². The van der Waals surface area contributed by atoms with Crippen molar-refractivity contribution in [2.75, 3.05) is 25.1 Å². The van der Waals surface area contributed by atoms with Crippen LogP contribution in [0.15, 0.2) is 122 Å². The van der Waals surface area contributed by atoms with Crippen molar-refractivity contribution in [2.24, 2.45) is 17.2 Å². The van der Waals surface area contributed by atoms with Crippen molar-refractivity contribution >= 4 is 102 Å². The third-order valence-corrected chi connectivity index (χ3v) is 16.7. The van der Waals surface area contributed by atoms with Crippen LogP contribution in [0.5, 0.6) is 0 Å². The number of carbonyl (C=O) groups excluding carboxylic acids is 8. The molecule has 1 aliphatic heterocycles. The fraction of sp³-hybridized carbons (Fsp3) is 0.362. The monoisotopic (exact) mass is 1180 g/mol. The van der Waals surface area contributed by atoms with Crippen LogP contribution in [0.1, 0.15) is 48.4 Å². The van der Waals surface area contributed by atoms with Crippen LogP contribution in [0.2, 0.25) is 5.02 Å². The van der Waals surface area contributed by atoms with Crippen LogP contribution in [0.3, 0.4) is 0 Å². The Balaban J connectivity index is 1.26. The van der Waals surface area contributed by atoms with Crippen molar-refractivity contribution in [2.45, 2.75) is 106 Å². The molecule has 2 aromatic heterocycles. The van der Waals surface area contributed by atoms with E-state index in [1.165, 1.54) is 20.2 Å². The molecule has 0 spiro atoms. The number of H-pyrrole nitrogens is 1. The Labute approximate surface area is 487 Å². The SMILES string of the molecule is C[C@@H](O)[C@@H]1NC(=O)[C@H](CCCCN)NC(=O)[C@@H](Cc2c[nH]c3ccccc23)NC(=O)[C@H](Cc2cccnc2)NC(=O)[C@H](NC(=O)[C@@H](N)Cc2ccc(Cl)cc2)CSSC[C@@H](C(=O)N(C)[C@@H](Cc2ccc3ccccc3c2)C(N)=O)NC1=O. The lowest BCUT2D eigenvalue weighted by molar-refractivity contribution is -0.141. The van der Waals surface area contributed by atoms with Crippen LogP contribution in [0, 0.1) is 0 Å². The molecule has 24 heteroatoms. The minimum Gasteiger partial charge on any atom is -0.391 e. The van der Waals surface area contributed by atoms with Crippen LogP contribution in [0.4, 0.5) is 0 Å². The van der Waals surface area contributed by atoms with E-state index in [1.807, 2.05) is 66.7 Å². The molecule has 7 rings (SSSR count). The molecule has 0 bridgehead atoms. The number of hydrogen-bond donors (Lipinski definition) is 11.